The van der Waals surface area contributed by atoms with E-state index < -0.39 is 5.79 Å². The standard InChI is InChI=1S/C14H19BrO2/c1-14(8-15,16-2)17-12-6-5-11-9-3-4-10(7-9)13(11)12/h3-6,9-13H,7-8H2,1-2H3/t9-,10+,11-,12+,13+,14?/m1/s1. The van der Waals surface area contributed by atoms with E-state index in [4.69, 9.17) is 9.47 Å². The molecule has 3 rings (SSSR count). The summed E-state index contributed by atoms with van der Waals surface area (Å²) in [4.78, 5) is 0. The minimum Gasteiger partial charge on any atom is -0.353 e. The lowest BCUT2D eigenvalue weighted by atomic mass is 9.84. The number of hydrogen-bond donors (Lipinski definition) is 0. The minimum absolute atomic E-state index is 0.211. The van der Waals surface area contributed by atoms with E-state index in [2.05, 4.69) is 40.2 Å². The van der Waals surface area contributed by atoms with Crippen LogP contribution in [0, 0.1) is 23.7 Å². The summed E-state index contributed by atoms with van der Waals surface area (Å²) < 4.78 is 11.6. The molecule has 0 saturated heterocycles. The van der Waals surface area contributed by atoms with E-state index in [1.807, 2.05) is 6.92 Å². The first-order valence-electron chi connectivity index (χ1n) is 6.32. The fraction of sp³-hybridized carbons (Fsp3) is 0.714. The molecule has 2 bridgehead atoms. The van der Waals surface area contributed by atoms with Crippen LogP contribution in [0.3, 0.4) is 0 Å². The molecule has 1 fully saturated rings. The van der Waals surface area contributed by atoms with Gasteiger partial charge in [0.25, 0.3) is 0 Å². The number of rotatable bonds is 4. The Morgan fingerprint density at radius 2 is 2.00 bits per heavy atom. The summed E-state index contributed by atoms with van der Waals surface area (Å²) in [5.74, 6) is 2.29. The number of halogens is 1. The Hall–Kier alpha value is -0.120. The van der Waals surface area contributed by atoms with Gasteiger partial charge in [0, 0.05) is 13.0 Å². The molecule has 1 unspecified atom stereocenters. The molecule has 0 heterocycles. The molecule has 0 amide bonds. The van der Waals surface area contributed by atoms with Crippen LogP contribution >= 0.6 is 15.9 Å². The third kappa shape index (κ3) is 1.83. The lowest BCUT2D eigenvalue weighted by Crippen LogP contribution is -2.40. The van der Waals surface area contributed by atoms with E-state index in [0.29, 0.717) is 23.1 Å². The molecule has 3 aliphatic rings. The predicted molar refractivity (Wildman–Crippen MR) is 70.9 cm³/mol. The second-order valence-electron chi connectivity index (χ2n) is 5.54. The highest BCUT2D eigenvalue weighted by atomic mass is 79.9. The Kier molecular flexibility index (Phi) is 2.96. The normalized spacial score (nSPS) is 45.2. The summed E-state index contributed by atoms with van der Waals surface area (Å²) in [6.07, 6.45) is 10.9. The van der Waals surface area contributed by atoms with Crippen molar-refractivity contribution in [2.45, 2.75) is 25.2 Å². The zero-order valence-electron chi connectivity index (χ0n) is 10.3. The van der Waals surface area contributed by atoms with Crippen LogP contribution in [0.25, 0.3) is 0 Å². The molecule has 0 aliphatic heterocycles. The zero-order valence-corrected chi connectivity index (χ0v) is 11.9. The summed E-state index contributed by atoms with van der Waals surface area (Å²) in [6.45, 7) is 1.99. The van der Waals surface area contributed by atoms with Crippen molar-refractivity contribution in [3.63, 3.8) is 0 Å². The van der Waals surface area contributed by atoms with Crippen LogP contribution in [0.15, 0.2) is 24.3 Å². The summed E-state index contributed by atoms with van der Waals surface area (Å²) in [5.41, 5.74) is 0. The van der Waals surface area contributed by atoms with Gasteiger partial charge < -0.3 is 9.47 Å². The molecule has 0 aromatic carbocycles. The first-order chi connectivity index (χ1) is 8.17. The summed E-state index contributed by atoms with van der Waals surface area (Å²) in [7, 11) is 1.71. The van der Waals surface area contributed by atoms with E-state index in [0.717, 1.165) is 5.92 Å². The molecule has 3 aliphatic carbocycles. The number of fused-ring (bicyclic) bond motifs is 5. The molecular weight excluding hydrogens is 280 g/mol. The lowest BCUT2D eigenvalue weighted by Gasteiger charge is -2.34. The second kappa shape index (κ2) is 4.22. The van der Waals surface area contributed by atoms with Crippen molar-refractivity contribution in [2.24, 2.45) is 23.7 Å². The summed E-state index contributed by atoms with van der Waals surface area (Å²) in [6, 6.07) is 0. The van der Waals surface area contributed by atoms with Gasteiger partial charge in [0.1, 0.15) is 0 Å². The number of alkyl halides is 1. The summed E-state index contributed by atoms with van der Waals surface area (Å²) >= 11 is 3.46. The van der Waals surface area contributed by atoms with E-state index in [1.165, 1.54) is 6.42 Å². The first-order valence-corrected chi connectivity index (χ1v) is 7.44. The van der Waals surface area contributed by atoms with Crippen molar-refractivity contribution in [3.8, 4) is 0 Å². The monoisotopic (exact) mass is 298 g/mol. The molecule has 0 spiro atoms. The van der Waals surface area contributed by atoms with Gasteiger partial charge in [-0.3, -0.25) is 0 Å². The van der Waals surface area contributed by atoms with Crippen LogP contribution in [0.5, 0.6) is 0 Å². The quantitative estimate of drug-likeness (QED) is 0.451. The maximum absolute atomic E-state index is 6.17. The molecule has 94 valence electrons. The second-order valence-corrected chi connectivity index (χ2v) is 6.10. The van der Waals surface area contributed by atoms with E-state index in [9.17, 15) is 0 Å². The van der Waals surface area contributed by atoms with Gasteiger partial charge in [-0.15, -0.1) is 0 Å². The topological polar surface area (TPSA) is 18.5 Å². The largest absolute Gasteiger partial charge is 0.353 e. The highest BCUT2D eigenvalue weighted by Gasteiger charge is 2.50. The average molecular weight is 299 g/mol. The molecular formula is C14H19BrO2. The van der Waals surface area contributed by atoms with E-state index in [-0.39, 0.29) is 6.10 Å². The minimum atomic E-state index is -0.518. The van der Waals surface area contributed by atoms with Gasteiger partial charge in [-0.2, -0.15) is 0 Å². The summed E-state index contributed by atoms with van der Waals surface area (Å²) in [5, 5.41) is 0.697. The highest BCUT2D eigenvalue weighted by molar-refractivity contribution is 9.09. The number of ether oxygens (including phenoxy) is 2. The maximum atomic E-state index is 6.17. The van der Waals surface area contributed by atoms with Gasteiger partial charge in [0.2, 0.25) is 0 Å². The Bertz CT molecular complexity index is 359. The lowest BCUT2D eigenvalue weighted by molar-refractivity contribution is -0.219. The van der Waals surface area contributed by atoms with Crippen LogP contribution in [0.1, 0.15) is 13.3 Å². The smallest absolute Gasteiger partial charge is 0.175 e. The van der Waals surface area contributed by atoms with Crippen molar-refractivity contribution >= 4 is 15.9 Å². The number of methoxy groups -OCH3 is 1. The average Bonchev–Trinajstić information content (AvgIpc) is 3.02. The van der Waals surface area contributed by atoms with Crippen LogP contribution in [-0.4, -0.2) is 24.3 Å². The first kappa shape index (κ1) is 11.9. The highest BCUT2D eigenvalue weighted by Crippen LogP contribution is 2.53. The number of hydrogen-bond acceptors (Lipinski definition) is 2. The van der Waals surface area contributed by atoms with E-state index >= 15 is 0 Å². The van der Waals surface area contributed by atoms with E-state index in [1.54, 1.807) is 7.11 Å². The maximum Gasteiger partial charge on any atom is 0.175 e. The fourth-order valence-electron chi connectivity index (χ4n) is 3.54. The number of allylic oxidation sites excluding steroid dienone is 3. The molecule has 0 aromatic heterocycles. The molecule has 3 heteroatoms. The molecule has 6 atom stereocenters. The Morgan fingerprint density at radius 1 is 1.24 bits per heavy atom. The van der Waals surface area contributed by atoms with Crippen molar-refractivity contribution < 1.29 is 9.47 Å². The van der Waals surface area contributed by atoms with Crippen molar-refractivity contribution in [1.82, 2.24) is 0 Å². The van der Waals surface area contributed by atoms with Crippen LogP contribution < -0.4 is 0 Å². The van der Waals surface area contributed by atoms with Crippen molar-refractivity contribution in [2.75, 3.05) is 12.4 Å². The zero-order chi connectivity index (χ0) is 12.0. The molecule has 17 heavy (non-hydrogen) atoms. The Labute approximate surface area is 111 Å². The van der Waals surface area contributed by atoms with Crippen molar-refractivity contribution in [1.29, 1.82) is 0 Å². The third-order valence-electron chi connectivity index (χ3n) is 4.55. The Balaban J connectivity index is 1.74. The van der Waals surface area contributed by atoms with Gasteiger partial charge in [0.05, 0.1) is 11.4 Å². The Morgan fingerprint density at radius 3 is 2.71 bits per heavy atom. The SMILES string of the molecule is COC(C)(CBr)O[C@H]1C=C[C@H]2[C@@H]1[C@H]1C=C[C@@H]2C1. The van der Waals surface area contributed by atoms with Gasteiger partial charge in [-0.25, -0.2) is 0 Å². The molecule has 0 aromatic rings. The van der Waals surface area contributed by atoms with Crippen LogP contribution in [0.2, 0.25) is 0 Å². The molecule has 1 saturated carbocycles. The van der Waals surface area contributed by atoms with Crippen molar-refractivity contribution in [3.05, 3.63) is 24.3 Å². The van der Waals surface area contributed by atoms with Gasteiger partial charge >= 0.3 is 0 Å². The van der Waals surface area contributed by atoms with Gasteiger partial charge in [-0.05, 0) is 31.1 Å². The van der Waals surface area contributed by atoms with Crippen LogP contribution in [0.4, 0.5) is 0 Å². The molecule has 0 radical (unpaired) electrons. The molecule has 0 N–H and O–H groups in total. The van der Waals surface area contributed by atoms with Gasteiger partial charge in [-0.1, -0.05) is 40.2 Å². The van der Waals surface area contributed by atoms with Gasteiger partial charge in [0.15, 0.2) is 5.79 Å². The fourth-order valence-corrected chi connectivity index (χ4v) is 3.90. The third-order valence-corrected chi connectivity index (χ3v) is 5.56. The van der Waals surface area contributed by atoms with Crippen LogP contribution in [-0.2, 0) is 9.47 Å². The predicted octanol–water partition coefficient (Wildman–Crippen LogP) is 3.14. The molecule has 2 nitrogen and oxygen atoms in total.